The number of carboxylic acids is 1. The Bertz CT molecular complexity index is 1390. The second-order valence-electron chi connectivity index (χ2n) is 7.18. The number of nitrogens with zero attached hydrogens (tertiary/aromatic N) is 1. The van der Waals surface area contributed by atoms with Gasteiger partial charge in [-0.3, -0.25) is 4.79 Å². The second kappa shape index (κ2) is 7.92. The highest BCUT2D eigenvalue weighted by Gasteiger charge is 2.32. The average Bonchev–Trinajstić information content (AvgIpc) is 3.02. The van der Waals surface area contributed by atoms with E-state index < -0.39 is 23.6 Å². The highest BCUT2D eigenvalue weighted by atomic mass is 19.4. The largest absolute Gasteiger partial charge is 0.573 e. The van der Waals surface area contributed by atoms with Crippen molar-refractivity contribution in [1.29, 1.82) is 0 Å². The summed E-state index contributed by atoms with van der Waals surface area (Å²) in [5.74, 6) is -1.82. The number of rotatable bonds is 5. The van der Waals surface area contributed by atoms with E-state index in [1.54, 1.807) is 0 Å². The number of aromatic amines is 1. The van der Waals surface area contributed by atoms with Crippen molar-refractivity contribution >= 4 is 16.9 Å². The number of ether oxygens (including phenoxy) is 1. The predicted molar refractivity (Wildman–Crippen MR) is 112 cm³/mol. The molecule has 0 bridgehead atoms. The Labute approximate surface area is 179 Å². The Morgan fingerprint density at radius 1 is 1.12 bits per heavy atom. The van der Waals surface area contributed by atoms with E-state index in [0.29, 0.717) is 5.52 Å². The minimum absolute atomic E-state index is 0.0237. The number of benzene rings is 2. The third-order valence-corrected chi connectivity index (χ3v) is 5.15. The van der Waals surface area contributed by atoms with E-state index in [0.717, 1.165) is 23.3 Å². The zero-order valence-corrected chi connectivity index (χ0v) is 16.7. The van der Waals surface area contributed by atoms with Crippen molar-refractivity contribution in [2.75, 3.05) is 0 Å². The molecule has 2 aromatic carbocycles. The van der Waals surface area contributed by atoms with Crippen LogP contribution in [0.3, 0.4) is 0 Å². The molecule has 164 valence electrons. The molecule has 2 N–H and O–H groups in total. The van der Waals surface area contributed by atoms with Gasteiger partial charge in [0.25, 0.3) is 5.56 Å². The van der Waals surface area contributed by atoms with Crippen LogP contribution in [0, 0.1) is 6.92 Å². The van der Waals surface area contributed by atoms with Crippen LogP contribution in [0.1, 0.15) is 21.6 Å². The van der Waals surface area contributed by atoms with Crippen LogP contribution in [0.25, 0.3) is 22.0 Å². The number of carboxylic acid groups (broad SMARTS) is 1. The Hall–Kier alpha value is -4.01. The molecule has 6 nitrogen and oxygen atoms in total. The minimum atomic E-state index is -4.92. The first-order valence-corrected chi connectivity index (χ1v) is 9.53. The van der Waals surface area contributed by atoms with E-state index in [-0.39, 0.29) is 28.8 Å². The Kier molecular flexibility index (Phi) is 5.25. The van der Waals surface area contributed by atoms with Gasteiger partial charge in [0.15, 0.2) is 0 Å². The fourth-order valence-corrected chi connectivity index (χ4v) is 3.77. The standard InChI is InChI=1S/C23H17F3N2O4/c1-13-5-2-3-6-14(13)12-28-18-9-8-15(32-23(24,25)26)11-17(18)19(20(28)22(30)31)16-7-4-10-27-21(16)29/h2-11H,12H2,1H3,(H,27,29)(H,30,31). The topological polar surface area (TPSA) is 84.3 Å². The number of aromatic carboxylic acids is 1. The first kappa shape index (κ1) is 21.2. The van der Waals surface area contributed by atoms with Crippen LogP contribution in [-0.4, -0.2) is 27.0 Å². The summed E-state index contributed by atoms with van der Waals surface area (Å²) in [4.78, 5) is 27.3. The maximum atomic E-state index is 12.8. The fraction of sp³-hybridized carbons (Fsp3) is 0.130. The van der Waals surface area contributed by atoms with Gasteiger partial charge < -0.3 is 19.4 Å². The van der Waals surface area contributed by atoms with Crippen LogP contribution in [0.15, 0.2) is 65.6 Å². The van der Waals surface area contributed by atoms with Crippen LogP contribution >= 0.6 is 0 Å². The summed E-state index contributed by atoms with van der Waals surface area (Å²) in [5.41, 5.74) is 1.39. The minimum Gasteiger partial charge on any atom is -0.477 e. The summed E-state index contributed by atoms with van der Waals surface area (Å²) in [5, 5.41) is 10.2. The number of nitrogens with one attached hydrogen (secondary N) is 1. The third kappa shape index (κ3) is 3.96. The molecular weight excluding hydrogens is 425 g/mol. The quantitative estimate of drug-likeness (QED) is 0.458. The molecule has 0 unspecified atom stereocenters. The van der Waals surface area contributed by atoms with E-state index >= 15 is 0 Å². The number of carbonyl (C=O) groups is 1. The smallest absolute Gasteiger partial charge is 0.477 e. The Morgan fingerprint density at radius 2 is 1.88 bits per heavy atom. The van der Waals surface area contributed by atoms with E-state index in [4.69, 9.17) is 0 Å². The van der Waals surface area contributed by atoms with Crippen molar-refractivity contribution < 1.29 is 27.8 Å². The number of hydrogen-bond donors (Lipinski definition) is 2. The number of H-pyrrole nitrogens is 1. The molecule has 0 amide bonds. The van der Waals surface area contributed by atoms with Crippen LogP contribution in [-0.2, 0) is 6.54 Å². The molecule has 2 heterocycles. The van der Waals surface area contributed by atoms with Crippen molar-refractivity contribution in [3.63, 3.8) is 0 Å². The van der Waals surface area contributed by atoms with Gasteiger partial charge in [-0.05, 0) is 48.4 Å². The van der Waals surface area contributed by atoms with Crippen molar-refractivity contribution in [2.24, 2.45) is 0 Å². The molecule has 0 aliphatic carbocycles. The molecule has 4 rings (SSSR count). The highest BCUT2D eigenvalue weighted by Crippen LogP contribution is 2.37. The highest BCUT2D eigenvalue weighted by molar-refractivity contribution is 6.08. The SMILES string of the molecule is Cc1ccccc1Cn1c(C(=O)O)c(-c2ccc[nH]c2=O)c2cc(OC(F)(F)F)ccc21. The number of hydrogen-bond acceptors (Lipinski definition) is 3. The maximum Gasteiger partial charge on any atom is 0.573 e. The number of aromatic nitrogens is 2. The molecule has 0 spiro atoms. The number of alkyl halides is 3. The molecule has 0 atom stereocenters. The van der Waals surface area contributed by atoms with Crippen LogP contribution in [0.5, 0.6) is 5.75 Å². The molecule has 0 aliphatic rings. The lowest BCUT2D eigenvalue weighted by Gasteiger charge is -2.12. The van der Waals surface area contributed by atoms with Crippen molar-refractivity contribution in [3.8, 4) is 16.9 Å². The fourth-order valence-electron chi connectivity index (χ4n) is 3.77. The zero-order valence-electron chi connectivity index (χ0n) is 16.7. The zero-order chi connectivity index (χ0) is 23.0. The average molecular weight is 442 g/mol. The number of pyridine rings is 1. The summed E-state index contributed by atoms with van der Waals surface area (Å²) in [7, 11) is 0. The van der Waals surface area contributed by atoms with E-state index in [1.807, 2.05) is 31.2 Å². The molecule has 32 heavy (non-hydrogen) atoms. The van der Waals surface area contributed by atoms with Gasteiger partial charge >= 0.3 is 12.3 Å². The number of fused-ring (bicyclic) bond motifs is 1. The van der Waals surface area contributed by atoms with Crippen LogP contribution in [0.4, 0.5) is 13.2 Å². The van der Waals surface area contributed by atoms with Gasteiger partial charge in [0.1, 0.15) is 11.4 Å². The lowest BCUT2D eigenvalue weighted by Crippen LogP contribution is -2.17. The molecule has 0 saturated heterocycles. The Morgan fingerprint density at radius 3 is 2.53 bits per heavy atom. The van der Waals surface area contributed by atoms with E-state index in [2.05, 4.69) is 9.72 Å². The summed E-state index contributed by atoms with van der Waals surface area (Å²) in [6.45, 7) is 2.02. The molecular formula is C23H17F3N2O4. The van der Waals surface area contributed by atoms with E-state index in [1.165, 1.54) is 29.0 Å². The molecule has 9 heteroatoms. The predicted octanol–water partition coefficient (Wildman–Crippen LogP) is 4.95. The number of aryl methyl sites for hydroxylation is 1. The van der Waals surface area contributed by atoms with Gasteiger partial charge in [0.2, 0.25) is 0 Å². The van der Waals surface area contributed by atoms with Crippen molar-refractivity contribution in [2.45, 2.75) is 19.8 Å². The first-order chi connectivity index (χ1) is 15.2. The number of halogens is 3. The lowest BCUT2D eigenvalue weighted by atomic mass is 10.0. The molecule has 0 aliphatic heterocycles. The molecule has 0 radical (unpaired) electrons. The maximum absolute atomic E-state index is 12.8. The van der Waals surface area contributed by atoms with E-state index in [9.17, 15) is 27.9 Å². The normalized spacial score (nSPS) is 11.6. The summed E-state index contributed by atoms with van der Waals surface area (Å²) in [6, 6.07) is 13.9. The summed E-state index contributed by atoms with van der Waals surface area (Å²) < 4.78 is 43.9. The van der Waals surface area contributed by atoms with Gasteiger partial charge in [-0.1, -0.05) is 24.3 Å². The third-order valence-electron chi connectivity index (χ3n) is 5.15. The second-order valence-corrected chi connectivity index (χ2v) is 7.18. The molecule has 2 aromatic heterocycles. The molecule has 0 saturated carbocycles. The summed E-state index contributed by atoms with van der Waals surface area (Å²) >= 11 is 0. The summed E-state index contributed by atoms with van der Waals surface area (Å²) in [6.07, 6.45) is -3.53. The molecule has 0 fully saturated rings. The van der Waals surface area contributed by atoms with Gasteiger partial charge in [-0.25, -0.2) is 4.79 Å². The molecule has 4 aromatic rings. The Balaban J connectivity index is 2.06. The van der Waals surface area contributed by atoms with Crippen LogP contribution < -0.4 is 10.3 Å². The van der Waals surface area contributed by atoms with Gasteiger partial charge in [0, 0.05) is 34.8 Å². The van der Waals surface area contributed by atoms with Gasteiger partial charge in [-0.15, -0.1) is 13.2 Å². The monoisotopic (exact) mass is 442 g/mol. The van der Waals surface area contributed by atoms with Gasteiger partial charge in [-0.2, -0.15) is 0 Å². The van der Waals surface area contributed by atoms with Crippen molar-refractivity contribution in [3.05, 3.63) is 88.0 Å². The lowest BCUT2D eigenvalue weighted by molar-refractivity contribution is -0.274. The first-order valence-electron chi connectivity index (χ1n) is 9.53. The van der Waals surface area contributed by atoms with Crippen molar-refractivity contribution in [1.82, 2.24) is 9.55 Å². The van der Waals surface area contributed by atoms with Gasteiger partial charge in [0.05, 0.1) is 0 Å². The van der Waals surface area contributed by atoms with Crippen LogP contribution in [0.2, 0.25) is 0 Å².